The van der Waals surface area contributed by atoms with Gasteiger partial charge in [-0.05, 0) is 74.0 Å². The number of carboxylic acid groups (broad SMARTS) is 1. The number of fused-ring (bicyclic) bond motifs is 2. The van der Waals surface area contributed by atoms with Gasteiger partial charge in [-0.25, -0.2) is 4.79 Å². The summed E-state index contributed by atoms with van der Waals surface area (Å²) in [5, 5.41) is 15.9. The Morgan fingerprint density at radius 3 is 2.15 bits per heavy atom. The van der Waals surface area contributed by atoms with Crippen molar-refractivity contribution >= 4 is 25.0 Å². The van der Waals surface area contributed by atoms with E-state index in [0.29, 0.717) is 32.0 Å². The Balaban J connectivity index is 1.85. The normalized spacial score (nSPS) is 32.2. The Labute approximate surface area is 197 Å². The molecule has 0 aromatic heterocycles. The average Bonchev–Trinajstić information content (AvgIpc) is 3.21. The maximum Gasteiger partial charge on any atom is 0.457 e. The van der Waals surface area contributed by atoms with Crippen LogP contribution in [0.2, 0.25) is 6.32 Å². The molecule has 0 aromatic rings. The highest BCUT2D eigenvalue weighted by atomic mass is 16.7. The third-order valence-electron chi connectivity index (χ3n) is 7.73. The van der Waals surface area contributed by atoms with Gasteiger partial charge in [-0.15, -0.1) is 0 Å². The highest BCUT2D eigenvalue weighted by Crippen LogP contribution is 2.51. The molecule has 186 valence electrons. The number of carbonyl (C=O) groups excluding carboxylic acids is 2. The summed E-state index contributed by atoms with van der Waals surface area (Å²) in [6, 6.07) is -0.906. The van der Waals surface area contributed by atoms with E-state index in [1.807, 2.05) is 48.5 Å². The van der Waals surface area contributed by atoms with E-state index in [1.165, 1.54) is 11.8 Å². The molecule has 3 amide bonds. The van der Waals surface area contributed by atoms with Crippen LogP contribution in [0, 0.1) is 5.92 Å². The van der Waals surface area contributed by atoms with E-state index < -0.39 is 34.4 Å². The molecule has 0 spiro atoms. The second kappa shape index (κ2) is 8.45. The van der Waals surface area contributed by atoms with Crippen molar-refractivity contribution in [3.63, 3.8) is 0 Å². The standard InChI is InChI=1S/C23H40BN3O6/c1-14(28)25-23(18(29)26-20(2,3)4)15(16-11-12-17(23)27(16)19(30)31)10-9-13-24-32-21(5,6)22(7,8)33-24/h15-17H,9-13H2,1-8H3,(H,25,28)(H,26,29)(H,30,31)/t15-,16+,17?,23?/m0/s1. The van der Waals surface area contributed by atoms with E-state index in [0.717, 1.165) is 0 Å². The molecule has 3 fully saturated rings. The van der Waals surface area contributed by atoms with E-state index >= 15 is 0 Å². The monoisotopic (exact) mass is 465 g/mol. The number of nitrogens with zero attached hydrogens (tertiary/aromatic N) is 1. The fourth-order valence-corrected chi connectivity index (χ4v) is 5.80. The second-order valence-electron chi connectivity index (χ2n) is 11.8. The van der Waals surface area contributed by atoms with Gasteiger partial charge >= 0.3 is 13.2 Å². The van der Waals surface area contributed by atoms with Gasteiger partial charge in [-0.1, -0.05) is 6.42 Å². The minimum atomic E-state index is -1.30. The lowest BCUT2D eigenvalue weighted by atomic mass is 9.68. The van der Waals surface area contributed by atoms with Crippen molar-refractivity contribution in [2.75, 3.05) is 0 Å². The lowest BCUT2D eigenvalue weighted by Crippen LogP contribution is -2.70. The van der Waals surface area contributed by atoms with Crippen LogP contribution in [0.4, 0.5) is 4.79 Å². The van der Waals surface area contributed by atoms with Crippen molar-refractivity contribution < 1.29 is 28.8 Å². The molecule has 0 aliphatic carbocycles. The number of hydrogen-bond donors (Lipinski definition) is 3. The van der Waals surface area contributed by atoms with Crippen LogP contribution in [-0.2, 0) is 18.9 Å². The molecule has 3 aliphatic rings. The maximum atomic E-state index is 13.7. The van der Waals surface area contributed by atoms with Gasteiger partial charge in [-0.3, -0.25) is 14.5 Å². The maximum absolute atomic E-state index is 13.7. The van der Waals surface area contributed by atoms with Gasteiger partial charge < -0.3 is 25.0 Å². The largest absolute Gasteiger partial charge is 0.465 e. The Morgan fingerprint density at radius 1 is 1.09 bits per heavy atom. The molecule has 3 saturated heterocycles. The molecular weight excluding hydrogens is 425 g/mol. The summed E-state index contributed by atoms with van der Waals surface area (Å²) in [5.74, 6) is -0.988. The molecule has 3 aliphatic heterocycles. The third-order valence-corrected chi connectivity index (χ3v) is 7.73. The van der Waals surface area contributed by atoms with Crippen molar-refractivity contribution in [1.82, 2.24) is 15.5 Å². The van der Waals surface area contributed by atoms with E-state index in [1.54, 1.807) is 0 Å². The zero-order valence-corrected chi connectivity index (χ0v) is 21.3. The zero-order chi connectivity index (χ0) is 25.0. The number of rotatable bonds is 6. The topological polar surface area (TPSA) is 117 Å². The molecule has 2 unspecified atom stereocenters. The van der Waals surface area contributed by atoms with Crippen LogP contribution in [0.15, 0.2) is 0 Å². The van der Waals surface area contributed by atoms with Gasteiger partial charge in [0.1, 0.15) is 5.54 Å². The van der Waals surface area contributed by atoms with E-state index in [-0.39, 0.29) is 30.9 Å². The van der Waals surface area contributed by atoms with Crippen LogP contribution >= 0.6 is 0 Å². The summed E-state index contributed by atoms with van der Waals surface area (Å²) in [7, 11) is -0.359. The van der Waals surface area contributed by atoms with Crippen LogP contribution in [0.3, 0.4) is 0 Å². The van der Waals surface area contributed by atoms with Crippen molar-refractivity contribution in [2.24, 2.45) is 5.92 Å². The quantitative estimate of drug-likeness (QED) is 0.520. The number of hydrogen-bond acceptors (Lipinski definition) is 5. The number of carbonyl (C=O) groups is 3. The molecule has 10 heteroatoms. The lowest BCUT2D eigenvalue weighted by Gasteiger charge is -2.43. The number of amides is 3. The Morgan fingerprint density at radius 2 is 1.67 bits per heavy atom. The predicted octanol–water partition coefficient (Wildman–Crippen LogP) is 2.79. The van der Waals surface area contributed by atoms with Gasteiger partial charge in [0.15, 0.2) is 0 Å². The predicted molar refractivity (Wildman–Crippen MR) is 125 cm³/mol. The lowest BCUT2D eigenvalue weighted by molar-refractivity contribution is -0.137. The summed E-state index contributed by atoms with van der Waals surface area (Å²) in [4.78, 5) is 39.5. The molecule has 4 atom stereocenters. The van der Waals surface area contributed by atoms with Crippen LogP contribution in [0.5, 0.6) is 0 Å². The minimum absolute atomic E-state index is 0.315. The van der Waals surface area contributed by atoms with Crippen LogP contribution in [0.25, 0.3) is 0 Å². The summed E-state index contributed by atoms with van der Waals surface area (Å²) in [6.45, 7) is 15.0. The van der Waals surface area contributed by atoms with E-state index in [9.17, 15) is 19.5 Å². The first kappa shape index (κ1) is 25.8. The molecule has 0 radical (unpaired) electrons. The van der Waals surface area contributed by atoms with Gasteiger partial charge in [0.2, 0.25) is 11.8 Å². The number of nitrogens with one attached hydrogen (secondary N) is 2. The fraction of sp³-hybridized carbons (Fsp3) is 0.870. The summed E-state index contributed by atoms with van der Waals surface area (Å²) in [6.07, 6.45) is 2.07. The highest BCUT2D eigenvalue weighted by Gasteiger charge is 2.68. The first-order chi connectivity index (χ1) is 15.0. The van der Waals surface area contributed by atoms with Gasteiger partial charge in [0, 0.05) is 24.4 Å². The summed E-state index contributed by atoms with van der Waals surface area (Å²) >= 11 is 0. The molecule has 3 heterocycles. The molecule has 3 rings (SSSR count). The van der Waals surface area contributed by atoms with Gasteiger partial charge in [0.25, 0.3) is 0 Å². The zero-order valence-electron chi connectivity index (χ0n) is 21.3. The molecule has 0 saturated carbocycles. The Bertz CT molecular complexity index is 795. The molecule has 3 N–H and O–H groups in total. The SMILES string of the molecule is CC(=O)NC1(C(=O)NC(C)(C)C)C2CC[C@H]([C@@H]1CCCB1OC(C)(C)C(C)(C)O1)N2C(=O)O. The van der Waals surface area contributed by atoms with Crippen LogP contribution < -0.4 is 10.6 Å². The van der Waals surface area contributed by atoms with E-state index in [4.69, 9.17) is 9.31 Å². The minimum Gasteiger partial charge on any atom is -0.465 e. The van der Waals surface area contributed by atoms with Crippen molar-refractivity contribution in [3.05, 3.63) is 0 Å². The van der Waals surface area contributed by atoms with Gasteiger partial charge in [0.05, 0.1) is 17.2 Å². The van der Waals surface area contributed by atoms with Crippen LogP contribution in [-0.4, -0.2) is 69.4 Å². The fourth-order valence-electron chi connectivity index (χ4n) is 5.80. The molecule has 33 heavy (non-hydrogen) atoms. The van der Waals surface area contributed by atoms with Crippen molar-refractivity contribution in [3.8, 4) is 0 Å². The Kier molecular flexibility index (Phi) is 6.61. The molecular formula is C23H40BN3O6. The average molecular weight is 465 g/mol. The smallest absolute Gasteiger partial charge is 0.457 e. The molecule has 9 nitrogen and oxygen atoms in total. The van der Waals surface area contributed by atoms with Gasteiger partial charge in [-0.2, -0.15) is 0 Å². The third kappa shape index (κ3) is 4.61. The second-order valence-corrected chi connectivity index (χ2v) is 11.8. The summed E-state index contributed by atoms with van der Waals surface area (Å²) in [5.41, 5.74) is -2.66. The highest BCUT2D eigenvalue weighted by molar-refractivity contribution is 6.45. The van der Waals surface area contributed by atoms with Crippen LogP contribution in [0.1, 0.15) is 81.1 Å². The van der Waals surface area contributed by atoms with Crippen molar-refractivity contribution in [2.45, 2.75) is 122 Å². The first-order valence-corrected chi connectivity index (χ1v) is 12.0. The first-order valence-electron chi connectivity index (χ1n) is 12.0. The van der Waals surface area contributed by atoms with E-state index in [2.05, 4.69) is 10.6 Å². The van der Waals surface area contributed by atoms with Crippen molar-refractivity contribution in [1.29, 1.82) is 0 Å². The molecule has 2 bridgehead atoms. The Hall–Kier alpha value is -1.81. The summed E-state index contributed by atoms with van der Waals surface area (Å²) < 4.78 is 12.2. The molecule has 0 aromatic carbocycles.